The van der Waals surface area contributed by atoms with Crippen LogP contribution in [0.25, 0.3) is 0 Å². The molecule has 1 aromatic rings. The third-order valence-electron chi connectivity index (χ3n) is 1.85. The van der Waals surface area contributed by atoms with Gasteiger partial charge in [0.25, 0.3) is 6.43 Å². The van der Waals surface area contributed by atoms with E-state index >= 15 is 0 Å². The van der Waals surface area contributed by atoms with Crippen molar-refractivity contribution in [1.82, 2.24) is 0 Å². The summed E-state index contributed by atoms with van der Waals surface area (Å²) >= 11 is 0. The van der Waals surface area contributed by atoms with E-state index in [1.165, 1.54) is 12.1 Å². The number of rotatable bonds is 2. The Balaban J connectivity index is 2.97. The first kappa shape index (κ1) is 10.1. The van der Waals surface area contributed by atoms with Gasteiger partial charge in [0.05, 0.1) is 6.04 Å². The van der Waals surface area contributed by atoms with Crippen molar-refractivity contribution in [2.75, 3.05) is 0 Å². The highest BCUT2D eigenvalue weighted by Gasteiger charge is 2.17. The number of hydrogen-bond donors (Lipinski definition) is 1. The maximum atomic E-state index is 12.9. The van der Waals surface area contributed by atoms with E-state index in [9.17, 15) is 13.2 Å². The van der Waals surface area contributed by atoms with Crippen molar-refractivity contribution in [2.24, 2.45) is 5.73 Å². The molecule has 1 aromatic carbocycles. The van der Waals surface area contributed by atoms with E-state index in [0.717, 1.165) is 6.07 Å². The van der Waals surface area contributed by atoms with Crippen LogP contribution in [0.1, 0.15) is 17.2 Å². The first-order valence-corrected chi connectivity index (χ1v) is 3.82. The van der Waals surface area contributed by atoms with Crippen LogP contribution in [-0.2, 0) is 0 Å². The minimum absolute atomic E-state index is 0.123. The van der Waals surface area contributed by atoms with Crippen LogP contribution < -0.4 is 5.73 Å². The second-order valence-electron chi connectivity index (χ2n) is 2.87. The molecule has 0 amide bonds. The Hall–Kier alpha value is -1.03. The Labute approximate surface area is 74.4 Å². The summed E-state index contributed by atoms with van der Waals surface area (Å²) in [5.74, 6) is -0.506. The minimum atomic E-state index is -2.66. The van der Waals surface area contributed by atoms with Crippen LogP contribution in [0.3, 0.4) is 0 Å². The molecule has 2 N–H and O–H groups in total. The third kappa shape index (κ3) is 2.21. The Morgan fingerprint density at radius 3 is 2.38 bits per heavy atom. The SMILES string of the molecule is Cc1ccc([C@@H](N)C(F)F)cc1F. The maximum Gasteiger partial charge on any atom is 0.257 e. The van der Waals surface area contributed by atoms with Gasteiger partial charge in [-0.1, -0.05) is 12.1 Å². The lowest BCUT2D eigenvalue weighted by atomic mass is 10.1. The fourth-order valence-electron chi connectivity index (χ4n) is 0.962. The summed E-state index contributed by atoms with van der Waals surface area (Å²) in [7, 11) is 0. The summed E-state index contributed by atoms with van der Waals surface area (Å²) in [6.07, 6.45) is -2.66. The van der Waals surface area contributed by atoms with Crippen LogP contribution in [0.4, 0.5) is 13.2 Å². The molecule has 1 atom stereocenters. The van der Waals surface area contributed by atoms with Crippen LogP contribution in [0.5, 0.6) is 0 Å². The predicted octanol–water partition coefficient (Wildman–Crippen LogP) is 2.40. The molecule has 1 nitrogen and oxygen atoms in total. The molecular formula is C9H10F3N. The zero-order valence-electron chi connectivity index (χ0n) is 7.10. The van der Waals surface area contributed by atoms with E-state index in [4.69, 9.17) is 5.73 Å². The molecule has 0 aliphatic rings. The van der Waals surface area contributed by atoms with Gasteiger partial charge in [0, 0.05) is 0 Å². The van der Waals surface area contributed by atoms with Crippen molar-refractivity contribution >= 4 is 0 Å². The first-order chi connectivity index (χ1) is 6.02. The lowest BCUT2D eigenvalue weighted by Gasteiger charge is -2.10. The Morgan fingerprint density at radius 1 is 1.31 bits per heavy atom. The predicted molar refractivity (Wildman–Crippen MR) is 44.1 cm³/mol. The van der Waals surface area contributed by atoms with Gasteiger partial charge < -0.3 is 5.73 Å². The fraction of sp³-hybridized carbons (Fsp3) is 0.333. The summed E-state index contributed by atoms with van der Waals surface area (Å²) in [5.41, 5.74) is 5.68. The van der Waals surface area contributed by atoms with Crippen LogP contribution in [0.15, 0.2) is 18.2 Å². The maximum absolute atomic E-state index is 12.9. The highest BCUT2D eigenvalue weighted by Crippen LogP contribution is 2.19. The number of aryl methyl sites for hydroxylation is 1. The van der Waals surface area contributed by atoms with E-state index in [-0.39, 0.29) is 5.56 Å². The van der Waals surface area contributed by atoms with E-state index in [0.29, 0.717) is 5.56 Å². The summed E-state index contributed by atoms with van der Waals surface area (Å²) in [4.78, 5) is 0. The van der Waals surface area contributed by atoms with Crippen molar-refractivity contribution in [1.29, 1.82) is 0 Å². The van der Waals surface area contributed by atoms with Gasteiger partial charge in [-0.05, 0) is 24.1 Å². The summed E-state index contributed by atoms with van der Waals surface area (Å²) in [6.45, 7) is 1.56. The van der Waals surface area contributed by atoms with Gasteiger partial charge in [0.2, 0.25) is 0 Å². The monoisotopic (exact) mass is 189 g/mol. The molecule has 0 saturated carbocycles. The van der Waals surface area contributed by atoms with Gasteiger partial charge in [-0.25, -0.2) is 13.2 Å². The molecule has 0 spiro atoms. The van der Waals surface area contributed by atoms with Gasteiger partial charge >= 0.3 is 0 Å². The van der Waals surface area contributed by atoms with E-state index in [2.05, 4.69) is 0 Å². The van der Waals surface area contributed by atoms with Crippen molar-refractivity contribution in [2.45, 2.75) is 19.4 Å². The molecule has 72 valence electrons. The third-order valence-corrected chi connectivity index (χ3v) is 1.85. The Kier molecular flexibility index (Phi) is 2.93. The van der Waals surface area contributed by atoms with Crippen molar-refractivity contribution in [3.05, 3.63) is 35.1 Å². The van der Waals surface area contributed by atoms with Crippen LogP contribution in [0, 0.1) is 12.7 Å². The molecule has 0 fully saturated rings. The van der Waals surface area contributed by atoms with Gasteiger partial charge in [0.15, 0.2) is 0 Å². The lowest BCUT2D eigenvalue weighted by Crippen LogP contribution is -2.19. The largest absolute Gasteiger partial charge is 0.319 e. The number of nitrogens with two attached hydrogens (primary N) is 1. The quantitative estimate of drug-likeness (QED) is 0.759. The second kappa shape index (κ2) is 3.79. The molecule has 0 heterocycles. The number of benzene rings is 1. The molecule has 0 bridgehead atoms. The molecule has 0 unspecified atom stereocenters. The van der Waals surface area contributed by atoms with Gasteiger partial charge in [0.1, 0.15) is 5.82 Å². The summed E-state index contributed by atoms with van der Waals surface area (Å²) < 4.78 is 37.1. The number of hydrogen-bond acceptors (Lipinski definition) is 1. The van der Waals surface area contributed by atoms with Crippen LogP contribution in [-0.4, -0.2) is 6.43 Å². The van der Waals surface area contributed by atoms with Crippen molar-refractivity contribution < 1.29 is 13.2 Å². The molecule has 0 aromatic heterocycles. The van der Waals surface area contributed by atoms with Gasteiger partial charge in [-0.2, -0.15) is 0 Å². The number of halogens is 3. The fourth-order valence-corrected chi connectivity index (χ4v) is 0.962. The highest BCUT2D eigenvalue weighted by molar-refractivity contribution is 5.25. The lowest BCUT2D eigenvalue weighted by molar-refractivity contribution is 0.116. The van der Waals surface area contributed by atoms with Crippen molar-refractivity contribution in [3.63, 3.8) is 0 Å². The Bertz CT molecular complexity index is 299. The van der Waals surface area contributed by atoms with Crippen molar-refractivity contribution in [3.8, 4) is 0 Å². The highest BCUT2D eigenvalue weighted by atomic mass is 19.3. The summed E-state index contributed by atoms with van der Waals surface area (Å²) in [6, 6.07) is 2.49. The first-order valence-electron chi connectivity index (χ1n) is 3.82. The molecule has 0 radical (unpaired) electrons. The standard InChI is InChI=1S/C9H10F3N/c1-5-2-3-6(4-7(5)10)8(13)9(11)12/h2-4,8-9H,13H2,1H3/t8-/m1/s1. The van der Waals surface area contributed by atoms with Crippen LogP contribution in [0.2, 0.25) is 0 Å². The smallest absolute Gasteiger partial charge is 0.257 e. The van der Waals surface area contributed by atoms with E-state index in [1.54, 1.807) is 6.92 Å². The average molecular weight is 189 g/mol. The molecule has 0 aliphatic heterocycles. The average Bonchev–Trinajstić information content (AvgIpc) is 2.08. The topological polar surface area (TPSA) is 26.0 Å². The molecule has 1 rings (SSSR count). The zero-order valence-corrected chi connectivity index (χ0v) is 7.10. The second-order valence-corrected chi connectivity index (χ2v) is 2.87. The van der Waals surface area contributed by atoms with E-state index in [1.807, 2.05) is 0 Å². The Morgan fingerprint density at radius 2 is 1.92 bits per heavy atom. The molecule has 13 heavy (non-hydrogen) atoms. The molecule has 4 heteroatoms. The normalized spacial score (nSPS) is 13.4. The minimum Gasteiger partial charge on any atom is -0.319 e. The number of alkyl halides is 2. The summed E-state index contributed by atoms with van der Waals surface area (Å²) in [5, 5.41) is 0. The molecule has 0 aliphatic carbocycles. The van der Waals surface area contributed by atoms with Gasteiger partial charge in [-0.15, -0.1) is 0 Å². The van der Waals surface area contributed by atoms with E-state index < -0.39 is 18.3 Å². The molecule has 0 saturated heterocycles. The van der Waals surface area contributed by atoms with Crippen LogP contribution >= 0.6 is 0 Å². The molecular weight excluding hydrogens is 179 g/mol. The zero-order chi connectivity index (χ0) is 10.0. The van der Waals surface area contributed by atoms with Gasteiger partial charge in [-0.3, -0.25) is 0 Å².